The second-order valence-corrected chi connectivity index (χ2v) is 6.49. The van der Waals surface area contributed by atoms with Crippen molar-refractivity contribution in [1.29, 1.82) is 0 Å². The van der Waals surface area contributed by atoms with Gasteiger partial charge in [-0.1, -0.05) is 12.8 Å². The summed E-state index contributed by atoms with van der Waals surface area (Å²) in [6.07, 6.45) is 6.71. The maximum atomic E-state index is 6.11. The normalized spacial score (nSPS) is 46.7. The van der Waals surface area contributed by atoms with E-state index in [0.29, 0.717) is 0 Å². The molecule has 2 heteroatoms. The Morgan fingerprint density at radius 3 is 3.07 bits per heavy atom. The predicted octanol–water partition coefficient (Wildman–Crippen LogP) is 3.67. The van der Waals surface area contributed by atoms with Gasteiger partial charge >= 0.3 is 0 Å². The number of allylic oxidation sites excluding steroid dienone is 1. The average Bonchev–Trinajstić information content (AvgIpc) is 2.15. The minimum absolute atomic E-state index is 0.195. The van der Waals surface area contributed by atoms with Crippen LogP contribution in [0.4, 0.5) is 0 Å². The van der Waals surface area contributed by atoms with Gasteiger partial charge in [-0.25, -0.2) is 0 Å². The fourth-order valence-electron chi connectivity index (χ4n) is 3.41. The maximum Gasteiger partial charge on any atom is 0.0720 e. The Balaban J connectivity index is 1.95. The van der Waals surface area contributed by atoms with Gasteiger partial charge in [-0.2, -0.15) is 0 Å². The number of halogens is 1. The molecule has 0 aromatic carbocycles. The van der Waals surface area contributed by atoms with Gasteiger partial charge in [0.25, 0.3) is 0 Å². The topological polar surface area (TPSA) is 9.23 Å². The summed E-state index contributed by atoms with van der Waals surface area (Å²) in [4.78, 5) is 0. The predicted molar refractivity (Wildman–Crippen MR) is 65.5 cm³/mol. The molecule has 2 fully saturated rings. The molecule has 1 nitrogen and oxygen atoms in total. The smallest absolute Gasteiger partial charge is 0.0720 e. The Morgan fingerprint density at radius 2 is 2.29 bits per heavy atom. The molecule has 0 aromatic heterocycles. The molecule has 0 bridgehead atoms. The van der Waals surface area contributed by atoms with Crippen molar-refractivity contribution in [1.82, 2.24) is 0 Å². The van der Waals surface area contributed by atoms with Crippen LogP contribution < -0.4 is 0 Å². The van der Waals surface area contributed by atoms with E-state index >= 15 is 0 Å². The van der Waals surface area contributed by atoms with E-state index in [1.807, 2.05) is 0 Å². The number of rotatable bonds is 0. The molecule has 3 atom stereocenters. The molecule has 3 aliphatic rings. The van der Waals surface area contributed by atoms with Crippen LogP contribution >= 0.6 is 22.6 Å². The van der Waals surface area contributed by atoms with Crippen molar-refractivity contribution in [3.63, 3.8) is 0 Å². The van der Waals surface area contributed by atoms with E-state index in [9.17, 15) is 0 Å². The molecule has 14 heavy (non-hydrogen) atoms. The van der Waals surface area contributed by atoms with Crippen LogP contribution in [0.5, 0.6) is 0 Å². The molecule has 1 saturated carbocycles. The molecule has 78 valence electrons. The molecule has 1 saturated heterocycles. The van der Waals surface area contributed by atoms with Crippen LogP contribution in [-0.4, -0.2) is 12.2 Å². The van der Waals surface area contributed by atoms with E-state index in [0.717, 1.165) is 18.4 Å². The molecular formula is C12H17IO. The number of ether oxygens (including phenoxy) is 1. The summed E-state index contributed by atoms with van der Waals surface area (Å²) in [5, 5.41) is 0. The third-order valence-corrected chi connectivity index (χ3v) is 5.38. The summed E-state index contributed by atoms with van der Waals surface area (Å²) < 4.78 is 7.76. The third-order valence-electron chi connectivity index (χ3n) is 4.32. The summed E-state index contributed by atoms with van der Waals surface area (Å²) in [6, 6.07) is 0. The summed E-state index contributed by atoms with van der Waals surface area (Å²) in [5.41, 5.74) is 1.97. The van der Waals surface area contributed by atoms with E-state index in [4.69, 9.17) is 4.74 Å². The zero-order valence-electron chi connectivity index (χ0n) is 8.68. The zero-order valence-corrected chi connectivity index (χ0v) is 10.8. The van der Waals surface area contributed by atoms with Gasteiger partial charge in [0.1, 0.15) is 0 Å². The molecule has 0 N–H and O–H groups in total. The van der Waals surface area contributed by atoms with Gasteiger partial charge in [-0.15, -0.1) is 0 Å². The summed E-state index contributed by atoms with van der Waals surface area (Å²) in [6.45, 7) is 3.33. The minimum Gasteiger partial charge on any atom is -0.374 e. The highest BCUT2D eigenvalue weighted by Gasteiger charge is 2.49. The van der Waals surface area contributed by atoms with Crippen molar-refractivity contribution >= 4 is 22.6 Å². The maximum absolute atomic E-state index is 6.11. The van der Waals surface area contributed by atoms with Crippen LogP contribution in [0.15, 0.2) is 9.15 Å². The monoisotopic (exact) mass is 304 g/mol. The second kappa shape index (κ2) is 3.21. The standard InChI is InChI=1S/C12H17IO/c1-12-5-3-2-4-9(12)11-8(7-14-12)6-10(11)13/h8-9H,2-7H2,1H3/t8-,9-,12+/m1/s1. The second-order valence-electron chi connectivity index (χ2n) is 5.18. The quantitative estimate of drug-likeness (QED) is 0.620. The van der Waals surface area contributed by atoms with Crippen LogP contribution in [0.1, 0.15) is 39.0 Å². The van der Waals surface area contributed by atoms with Gasteiger partial charge in [0.2, 0.25) is 0 Å². The Bertz CT molecular complexity index is 297. The lowest BCUT2D eigenvalue weighted by Gasteiger charge is -2.52. The number of hydrogen-bond acceptors (Lipinski definition) is 1. The lowest BCUT2D eigenvalue weighted by atomic mass is 9.63. The van der Waals surface area contributed by atoms with Gasteiger partial charge in [0.15, 0.2) is 0 Å². The molecule has 1 aliphatic heterocycles. The molecule has 0 amide bonds. The molecule has 0 spiro atoms. The lowest BCUT2D eigenvalue weighted by Crippen LogP contribution is -2.50. The molecule has 3 rings (SSSR count). The highest BCUT2D eigenvalue weighted by Crippen LogP contribution is 2.55. The van der Waals surface area contributed by atoms with Crippen molar-refractivity contribution in [3.8, 4) is 0 Å². The first-order valence-corrected chi connectivity index (χ1v) is 6.81. The van der Waals surface area contributed by atoms with Crippen molar-refractivity contribution in [2.45, 2.75) is 44.6 Å². The zero-order chi connectivity index (χ0) is 9.76. The first-order chi connectivity index (χ1) is 6.71. The summed E-state index contributed by atoms with van der Waals surface area (Å²) in [7, 11) is 0. The Morgan fingerprint density at radius 1 is 1.43 bits per heavy atom. The highest BCUT2D eigenvalue weighted by molar-refractivity contribution is 14.1. The van der Waals surface area contributed by atoms with Gasteiger partial charge in [0, 0.05) is 11.8 Å². The Hall–Kier alpha value is 0.430. The van der Waals surface area contributed by atoms with Gasteiger partial charge in [-0.05, 0) is 57.9 Å². The minimum atomic E-state index is 0.195. The van der Waals surface area contributed by atoms with Crippen molar-refractivity contribution in [2.24, 2.45) is 11.8 Å². The number of fused-ring (bicyclic) bond motifs is 3. The van der Waals surface area contributed by atoms with Crippen LogP contribution in [0.25, 0.3) is 0 Å². The average molecular weight is 304 g/mol. The van der Waals surface area contributed by atoms with Crippen molar-refractivity contribution < 1.29 is 4.74 Å². The third kappa shape index (κ3) is 1.22. The van der Waals surface area contributed by atoms with E-state index in [1.54, 1.807) is 9.15 Å². The molecule has 0 radical (unpaired) electrons. The summed E-state index contributed by atoms with van der Waals surface area (Å²) in [5.74, 6) is 1.55. The fourth-order valence-corrected chi connectivity index (χ4v) is 4.76. The van der Waals surface area contributed by atoms with Gasteiger partial charge in [0.05, 0.1) is 12.2 Å². The largest absolute Gasteiger partial charge is 0.374 e. The van der Waals surface area contributed by atoms with Crippen molar-refractivity contribution in [3.05, 3.63) is 9.15 Å². The van der Waals surface area contributed by atoms with E-state index in [2.05, 4.69) is 29.5 Å². The van der Waals surface area contributed by atoms with Crippen LogP contribution in [-0.2, 0) is 4.74 Å². The van der Waals surface area contributed by atoms with Crippen LogP contribution in [0.2, 0.25) is 0 Å². The Kier molecular flexibility index (Phi) is 2.21. The molecule has 0 aromatic rings. The lowest BCUT2D eigenvalue weighted by molar-refractivity contribution is -0.125. The fraction of sp³-hybridized carbons (Fsp3) is 0.833. The highest BCUT2D eigenvalue weighted by atomic mass is 127. The van der Waals surface area contributed by atoms with Crippen LogP contribution in [0, 0.1) is 11.8 Å². The van der Waals surface area contributed by atoms with E-state index in [-0.39, 0.29) is 5.60 Å². The van der Waals surface area contributed by atoms with E-state index < -0.39 is 0 Å². The molecule has 1 heterocycles. The molecule has 2 aliphatic carbocycles. The van der Waals surface area contributed by atoms with Crippen LogP contribution in [0.3, 0.4) is 0 Å². The first-order valence-electron chi connectivity index (χ1n) is 5.73. The Labute approximate surface area is 99.4 Å². The SMILES string of the molecule is C[C@]12CCCC[C@@H]1C1=C(I)C[C@@H]1CO2. The molecule has 0 unspecified atom stereocenters. The van der Waals surface area contributed by atoms with Crippen molar-refractivity contribution in [2.75, 3.05) is 6.61 Å². The summed E-state index contributed by atoms with van der Waals surface area (Å²) >= 11 is 2.55. The molecular weight excluding hydrogens is 287 g/mol. The first kappa shape index (κ1) is 9.64. The van der Waals surface area contributed by atoms with Gasteiger partial charge < -0.3 is 4.74 Å². The van der Waals surface area contributed by atoms with Gasteiger partial charge in [-0.3, -0.25) is 0 Å². The number of hydrogen-bond donors (Lipinski definition) is 0. The van der Waals surface area contributed by atoms with E-state index in [1.165, 1.54) is 32.1 Å².